The number of anilines is 1. The highest BCUT2D eigenvalue weighted by atomic mass is 19.4. The summed E-state index contributed by atoms with van der Waals surface area (Å²) in [6.45, 7) is 0.964. The van der Waals surface area contributed by atoms with Gasteiger partial charge in [-0.05, 0) is 48.0 Å². The Balaban J connectivity index is 1.59. The van der Waals surface area contributed by atoms with Crippen molar-refractivity contribution in [2.75, 3.05) is 18.5 Å². The second-order valence-corrected chi connectivity index (χ2v) is 5.30. The summed E-state index contributed by atoms with van der Waals surface area (Å²) in [5, 5.41) is 2.55. The number of carbonyl (C=O) groups excluding carboxylic acids is 1. The number of alkyl halides is 3. The first-order valence-electron chi connectivity index (χ1n) is 7.64. The molecule has 0 saturated carbocycles. The maximum atomic E-state index is 12.1. The third kappa shape index (κ3) is 4.92. The van der Waals surface area contributed by atoms with Gasteiger partial charge < -0.3 is 19.5 Å². The largest absolute Gasteiger partial charge is 0.573 e. The van der Waals surface area contributed by atoms with Crippen molar-refractivity contribution in [3.8, 4) is 17.2 Å². The molecule has 1 amide bonds. The number of hydrogen-bond donors (Lipinski definition) is 1. The van der Waals surface area contributed by atoms with Crippen molar-refractivity contribution in [3.63, 3.8) is 0 Å². The van der Waals surface area contributed by atoms with E-state index in [9.17, 15) is 18.0 Å². The Morgan fingerprint density at radius 3 is 2.42 bits per heavy atom. The van der Waals surface area contributed by atoms with Gasteiger partial charge in [-0.3, -0.25) is 4.79 Å². The second-order valence-electron chi connectivity index (χ2n) is 5.30. The molecule has 0 spiro atoms. The number of benzene rings is 2. The summed E-state index contributed by atoms with van der Waals surface area (Å²) in [6, 6.07) is 10.2. The molecule has 136 valence electrons. The van der Waals surface area contributed by atoms with Crippen LogP contribution in [0.2, 0.25) is 0 Å². The molecule has 1 aliphatic heterocycles. The van der Waals surface area contributed by atoms with Crippen LogP contribution in [0.1, 0.15) is 5.56 Å². The Kier molecular flexibility index (Phi) is 5.01. The van der Waals surface area contributed by atoms with Crippen LogP contribution in [0, 0.1) is 0 Å². The molecule has 2 aromatic rings. The van der Waals surface area contributed by atoms with Crippen LogP contribution in [-0.4, -0.2) is 25.5 Å². The molecule has 0 saturated heterocycles. The Bertz CT molecular complexity index is 816. The van der Waals surface area contributed by atoms with Gasteiger partial charge >= 0.3 is 6.36 Å². The van der Waals surface area contributed by atoms with Crippen LogP contribution in [0.4, 0.5) is 18.9 Å². The van der Waals surface area contributed by atoms with Crippen molar-refractivity contribution in [2.45, 2.75) is 6.36 Å². The van der Waals surface area contributed by atoms with Crippen molar-refractivity contribution in [1.29, 1.82) is 0 Å². The zero-order valence-corrected chi connectivity index (χ0v) is 13.4. The normalized spacial score (nSPS) is 13.5. The number of rotatable bonds is 4. The molecule has 26 heavy (non-hydrogen) atoms. The average molecular weight is 365 g/mol. The van der Waals surface area contributed by atoms with Crippen molar-refractivity contribution >= 4 is 17.7 Å². The first kappa shape index (κ1) is 17.7. The van der Waals surface area contributed by atoms with E-state index >= 15 is 0 Å². The van der Waals surface area contributed by atoms with Crippen molar-refractivity contribution < 1.29 is 32.2 Å². The highest BCUT2D eigenvalue weighted by Crippen LogP contribution is 2.31. The molecule has 0 fully saturated rings. The number of amides is 1. The number of halogens is 3. The van der Waals surface area contributed by atoms with Gasteiger partial charge in [-0.25, -0.2) is 0 Å². The van der Waals surface area contributed by atoms with Crippen LogP contribution in [-0.2, 0) is 4.79 Å². The smallest absolute Gasteiger partial charge is 0.486 e. The molecule has 0 atom stereocenters. The number of fused-ring (bicyclic) bond motifs is 1. The lowest BCUT2D eigenvalue weighted by atomic mass is 10.2. The minimum absolute atomic E-state index is 0.344. The molecule has 0 aliphatic carbocycles. The van der Waals surface area contributed by atoms with E-state index in [-0.39, 0.29) is 5.75 Å². The maximum Gasteiger partial charge on any atom is 0.573 e. The Labute approximate surface area is 147 Å². The zero-order valence-electron chi connectivity index (χ0n) is 13.4. The summed E-state index contributed by atoms with van der Waals surface area (Å²) in [7, 11) is 0. The van der Waals surface area contributed by atoms with Gasteiger partial charge in [-0.2, -0.15) is 0 Å². The van der Waals surface area contributed by atoms with Gasteiger partial charge in [-0.15, -0.1) is 13.2 Å². The van der Waals surface area contributed by atoms with E-state index in [4.69, 9.17) is 9.47 Å². The highest BCUT2D eigenvalue weighted by Gasteiger charge is 2.30. The van der Waals surface area contributed by atoms with Crippen molar-refractivity contribution in [3.05, 3.63) is 54.1 Å². The molecule has 1 aliphatic rings. The number of ether oxygens (including phenoxy) is 3. The van der Waals surface area contributed by atoms with E-state index in [1.54, 1.807) is 24.3 Å². The van der Waals surface area contributed by atoms with Crippen LogP contribution in [0.3, 0.4) is 0 Å². The van der Waals surface area contributed by atoms with Gasteiger partial charge in [0.1, 0.15) is 19.0 Å². The van der Waals surface area contributed by atoms with Gasteiger partial charge in [-0.1, -0.05) is 6.07 Å². The number of hydrogen-bond acceptors (Lipinski definition) is 4. The van der Waals surface area contributed by atoms with Crippen LogP contribution in [0.15, 0.2) is 48.5 Å². The van der Waals surface area contributed by atoms with Gasteiger partial charge in [0.25, 0.3) is 0 Å². The second kappa shape index (κ2) is 7.38. The summed E-state index contributed by atoms with van der Waals surface area (Å²) in [4.78, 5) is 11.9. The Morgan fingerprint density at radius 1 is 1.04 bits per heavy atom. The number of carbonyl (C=O) groups is 1. The third-order valence-corrected chi connectivity index (χ3v) is 3.35. The topological polar surface area (TPSA) is 56.8 Å². The number of nitrogens with one attached hydrogen (secondary N) is 1. The predicted octanol–water partition coefficient (Wildman–Crippen LogP) is 4.01. The van der Waals surface area contributed by atoms with Crippen molar-refractivity contribution in [1.82, 2.24) is 0 Å². The summed E-state index contributed by atoms with van der Waals surface area (Å²) in [5.74, 6) is 0.477. The van der Waals surface area contributed by atoms with Crippen molar-refractivity contribution in [2.24, 2.45) is 0 Å². The summed E-state index contributed by atoms with van der Waals surface area (Å²) < 4.78 is 50.9. The molecule has 1 heterocycles. The summed E-state index contributed by atoms with van der Waals surface area (Å²) in [5.41, 5.74) is 1.09. The molecule has 2 aromatic carbocycles. The molecule has 5 nitrogen and oxygen atoms in total. The summed E-state index contributed by atoms with van der Waals surface area (Å²) >= 11 is 0. The van der Waals surface area contributed by atoms with Gasteiger partial charge in [0.05, 0.1) is 0 Å². The SMILES string of the molecule is O=C(/C=C/c1ccc2c(c1)OCCO2)Nc1ccc(OC(F)(F)F)cc1. The zero-order chi connectivity index (χ0) is 18.6. The van der Waals surface area contributed by atoms with E-state index in [1.807, 2.05) is 0 Å². The monoisotopic (exact) mass is 365 g/mol. The van der Waals surface area contributed by atoms with E-state index in [1.165, 1.54) is 18.2 Å². The molecule has 1 N–H and O–H groups in total. The first-order chi connectivity index (χ1) is 12.4. The van der Waals surface area contributed by atoms with Gasteiger partial charge in [0.2, 0.25) is 5.91 Å². The molecule has 0 bridgehead atoms. The van der Waals surface area contributed by atoms with Gasteiger partial charge in [0, 0.05) is 11.8 Å². The Morgan fingerprint density at radius 2 is 1.73 bits per heavy atom. The molecule has 0 aromatic heterocycles. The van der Waals surface area contributed by atoms with E-state index in [2.05, 4.69) is 10.1 Å². The maximum absolute atomic E-state index is 12.1. The molecular weight excluding hydrogens is 351 g/mol. The summed E-state index contributed by atoms with van der Waals surface area (Å²) in [6.07, 6.45) is -1.85. The Hall–Kier alpha value is -3.16. The minimum atomic E-state index is -4.75. The van der Waals surface area contributed by atoms with Crippen LogP contribution < -0.4 is 19.5 Å². The standard InChI is InChI=1S/C18H14F3NO4/c19-18(20,21)26-14-5-3-13(4-6-14)22-17(23)8-2-12-1-7-15-16(11-12)25-10-9-24-15/h1-8,11H,9-10H2,(H,22,23)/b8-2+. The predicted molar refractivity (Wildman–Crippen MR) is 88.2 cm³/mol. The first-order valence-corrected chi connectivity index (χ1v) is 7.64. The fourth-order valence-corrected chi connectivity index (χ4v) is 2.26. The molecule has 3 rings (SSSR count). The molecule has 8 heteroatoms. The fraction of sp³-hybridized carbons (Fsp3) is 0.167. The van der Waals surface area contributed by atoms with Crippen LogP contribution in [0.25, 0.3) is 6.08 Å². The minimum Gasteiger partial charge on any atom is -0.486 e. The molecule has 0 radical (unpaired) electrons. The lowest BCUT2D eigenvalue weighted by Gasteiger charge is -2.18. The van der Waals surface area contributed by atoms with Gasteiger partial charge in [0.15, 0.2) is 11.5 Å². The quantitative estimate of drug-likeness (QED) is 0.832. The average Bonchev–Trinajstić information content (AvgIpc) is 2.60. The lowest BCUT2D eigenvalue weighted by Crippen LogP contribution is -2.17. The van der Waals surface area contributed by atoms with E-state index < -0.39 is 12.3 Å². The van der Waals surface area contributed by atoms with E-state index in [0.29, 0.717) is 30.4 Å². The third-order valence-electron chi connectivity index (χ3n) is 3.35. The molecule has 0 unspecified atom stereocenters. The molecular formula is C18H14F3NO4. The van der Waals surface area contributed by atoms with E-state index in [0.717, 1.165) is 17.7 Å². The fourth-order valence-electron chi connectivity index (χ4n) is 2.26. The van der Waals surface area contributed by atoms with Crippen LogP contribution in [0.5, 0.6) is 17.2 Å². The van der Waals surface area contributed by atoms with Crippen LogP contribution >= 0.6 is 0 Å². The lowest BCUT2D eigenvalue weighted by molar-refractivity contribution is -0.274. The highest BCUT2D eigenvalue weighted by molar-refractivity contribution is 6.01.